The molecule has 0 saturated carbocycles. The first-order chi connectivity index (χ1) is 13.3. The van der Waals surface area contributed by atoms with E-state index in [1.165, 1.54) is 0 Å². The number of hydrogen-bond acceptors (Lipinski definition) is 3. The van der Waals surface area contributed by atoms with Crippen LogP contribution in [0.15, 0.2) is 42.5 Å². The minimum absolute atomic E-state index is 0.0111. The van der Waals surface area contributed by atoms with Gasteiger partial charge in [0.2, 0.25) is 5.91 Å². The van der Waals surface area contributed by atoms with Gasteiger partial charge in [-0.15, -0.1) is 0 Å². The summed E-state index contributed by atoms with van der Waals surface area (Å²) in [6, 6.07) is 12.0. The summed E-state index contributed by atoms with van der Waals surface area (Å²) in [7, 11) is 0. The van der Waals surface area contributed by atoms with Crippen LogP contribution in [-0.2, 0) is 4.79 Å². The highest BCUT2D eigenvalue weighted by Gasteiger charge is 2.28. The second kappa shape index (κ2) is 8.95. The van der Waals surface area contributed by atoms with Crippen molar-refractivity contribution in [3.63, 3.8) is 0 Å². The fraction of sp³-hybridized carbons (Fsp3) is 0.333. The third-order valence-corrected chi connectivity index (χ3v) is 5.56. The Morgan fingerprint density at radius 3 is 2.21 bits per heavy atom. The molecule has 1 fully saturated rings. The number of hydrogen-bond donors (Lipinski definition) is 1. The second-order valence-electron chi connectivity index (χ2n) is 6.96. The lowest BCUT2D eigenvalue weighted by molar-refractivity contribution is -0.121. The van der Waals surface area contributed by atoms with Crippen molar-refractivity contribution in [2.24, 2.45) is 0 Å². The predicted octanol–water partition coefficient (Wildman–Crippen LogP) is 4.09. The Hall–Kier alpha value is -2.08. The second-order valence-corrected chi connectivity index (χ2v) is 7.83. The minimum Gasteiger partial charge on any atom is -0.336 e. The van der Waals surface area contributed by atoms with Crippen LogP contribution in [0.4, 0.5) is 5.69 Å². The number of halogens is 2. The number of anilines is 1. The Labute approximate surface area is 175 Å². The molecule has 0 bridgehead atoms. The molecule has 7 heteroatoms. The SMILES string of the molecule is Cc1ccc(Cl)cc1NC(=O)C(C)N1CCN(C(=O)c2ccc(Cl)cc2)CC1. The van der Waals surface area contributed by atoms with E-state index in [-0.39, 0.29) is 17.9 Å². The summed E-state index contributed by atoms with van der Waals surface area (Å²) in [5, 5.41) is 4.15. The average molecular weight is 420 g/mol. The van der Waals surface area contributed by atoms with Gasteiger partial charge in [-0.1, -0.05) is 29.3 Å². The summed E-state index contributed by atoms with van der Waals surface area (Å²) in [6.45, 7) is 6.25. The summed E-state index contributed by atoms with van der Waals surface area (Å²) in [5.41, 5.74) is 2.31. The van der Waals surface area contributed by atoms with Gasteiger partial charge < -0.3 is 10.2 Å². The van der Waals surface area contributed by atoms with Crippen LogP contribution in [0.1, 0.15) is 22.8 Å². The molecule has 148 valence electrons. The molecule has 5 nitrogen and oxygen atoms in total. The van der Waals surface area contributed by atoms with Crippen LogP contribution < -0.4 is 5.32 Å². The van der Waals surface area contributed by atoms with Crippen molar-refractivity contribution in [3.05, 3.63) is 63.6 Å². The number of rotatable bonds is 4. The van der Waals surface area contributed by atoms with Gasteiger partial charge in [0.25, 0.3) is 5.91 Å². The Morgan fingerprint density at radius 1 is 0.964 bits per heavy atom. The molecular weight excluding hydrogens is 397 g/mol. The number of nitrogens with one attached hydrogen (secondary N) is 1. The first-order valence-electron chi connectivity index (χ1n) is 9.21. The molecule has 3 rings (SSSR count). The van der Waals surface area contributed by atoms with E-state index in [0.717, 1.165) is 11.3 Å². The lowest BCUT2D eigenvalue weighted by Gasteiger charge is -2.37. The van der Waals surface area contributed by atoms with Crippen molar-refractivity contribution in [1.82, 2.24) is 9.80 Å². The number of amides is 2. The molecule has 1 heterocycles. The summed E-state index contributed by atoms with van der Waals surface area (Å²) >= 11 is 11.9. The Morgan fingerprint density at radius 2 is 1.57 bits per heavy atom. The number of piperazine rings is 1. The number of aryl methyl sites for hydroxylation is 1. The Bertz CT molecular complexity index is 862. The van der Waals surface area contributed by atoms with Crippen molar-refractivity contribution in [2.45, 2.75) is 19.9 Å². The maximum absolute atomic E-state index is 12.7. The molecule has 0 aliphatic carbocycles. The van der Waals surface area contributed by atoms with Crippen LogP contribution in [0.25, 0.3) is 0 Å². The van der Waals surface area contributed by atoms with Crippen molar-refractivity contribution in [1.29, 1.82) is 0 Å². The summed E-state index contributed by atoms with van der Waals surface area (Å²) < 4.78 is 0. The molecule has 1 aliphatic rings. The monoisotopic (exact) mass is 419 g/mol. The van der Waals surface area contributed by atoms with E-state index in [4.69, 9.17) is 23.2 Å². The quantitative estimate of drug-likeness (QED) is 0.811. The van der Waals surface area contributed by atoms with Crippen LogP contribution in [-0.4, -0.2) is 53.8 Å². The van der Waals surface area contributed by atoms with E-state index >= 15 is 0 Å². The summed E-state index contributed by atoms with van der Waals surface area (Å²) in [5.74, 6) is -0.0918. The average Bonchev–Trinajstić information content (AvgIpc) is 2.70. The van der Waals surface area contributed by atoms with Crippen LogP contribution in [0.2, 0.25) is 10.0 Å². The van der Waals surface area contributed by atoms with Crippen LogP contribution in [0, 0.1) is 6.92 Å². The highest BCUT2D eigenvalue weighted by molar-refractivity contribution is 6.31. The van der Waals surface area contributed by atoms with Gasteiger partial charge in [-0.3, -0.25) is 14.5 Å². The first kappa shape index (κ1) is 20.6. The fourth-order valence-corrected chi connectivity index (χ4v) is 3.52. The molecular formula is C21H23Cl2N3O2. The maximum atomic E-state index is 12.7. The van der Waals surface area contributed by atoms with E-state index < -0.39 is 0 Å². The third-order valence-electron chi connectivity index (χ3n) is 5.08. The lowest BCUT2D eigenvalue weighted by Crippen LogP contribution is -2.54. The normalized spacial score (nSPS) is 15.9. The van der Waals surface area contributed by atoms with Gasteiger partial charge in [0.1, 0.15) is 0 Å². The van der Waals surface area contributed by atoms with Crippen molar-refractivity contribution in [3.8, 4) is 0 Å². The number of benzene rings is 2. The van der Waals surface area contributed by atoms with Gasteiger partial charge in [0, 0.05) is 47.5 Å². The molecule has 2 aromatic carbocycles. The molecule has 1 saturated heterocycles. The molecule has 28 heavy (non-hydrogen) atoms. The zero-order chi connectivity index (χ0) is 20.3. The zero-order valence-electron chi connectivity index (χ0n) is 15.9. The standard InChI is InChI=1S/C21H23Cl2N3O2/c1-14-3-6-18(23)13-19(14)24-20(27)15(2)25-9-11-26(12-10-25)21(28)16-4-7-17(22)8-5-16/h3-8,13,15H,9-12H2,1-2H3,(H,24,27). The van der Waals surface area contributed by atoms with E-state index in [1.54, 1.807) is 36.4 Å². The summed E-state index contributed by atoms with van der Waals surface area (Å²) in [4.78, 5) is 29.2. The van der Waals surface area contributed by atoms with E-state index in [0.29, 0.717) is 41.8 Å². The maximum Gasteiger partial charge on any atom is 0.253 e. The molecule has 1 N–H and O–H groups in total. The van der Waals surface area contributed by atoms with Crippen LogP contribution in [0.3, 0.4) is 0 Å². The van der Waals surface area contributed by atoms with E-state index in [2.05, 4.69) is 10.2 Å². The highest BCUT2D eigenvalue weighted by atomic mass is 35.5. The van der Waals surface area contributed by atoms with Gasteiger partial charge >= 0.3 is 0 Å². The molecule has 2 aromatic rings. The van der Waals surface area contributed by atoms with E-state index in [1.807, 2.05) is 24.8 Å². The van der Waals surface area contributed by atoms with Gasteiger partial charge in [0.05, 0.1) is 6.04 Å². The molecule has 1 aliphatic heterocycles. The van der Waals surface area contributed by atoms with E-state index in [9.17, 15) is 9.59 Å². The number of carbonyl (C=O) groups is 2. The Balaban J connectivity index is 1.56. The Kier molecular flexibility index (Phi) is 6.60. The summed E-state index contributed by atoms with van der Waals surface area (Å²) in [6.07, 6.45) is 0. The molecule has 0 spiro atoms. The topological polar surface area (TPSA) is 52.7 Å². The van der Waals surface area contributed by atoms with Gasteiger partial charge in [-0.25, -0.2) is 0 Å². The molecule has 1 unspecified atom stereocenters. The predicted molar refractivity (Wildman–Crippen MR) is 113 cm³/mol. The smallest absolute Gasteiger partial charge is 0.253 e. The molecule has 2 amide bonds. The van der Waals surface area contributed by atoms with Gasteiger partial charge in [-0.05, 0) is 55.8 Å². The molecule has 0 aromatic heterocycles. The minimum atomic E-state index is -0.300. The zero-order valence-corrected chi connectivity index (χ0v) is 17.4. The van der Waals surface area contributed by atoms with Crippen molar-refractivity contribution >= 4 is 40.7 Å². The van der Waals surface area contributed by atoms with Gasteiger partial charge in [0.15, 0.2) is 0 Å². The fourth-order valence-electron chi connectivity index (χ4n) is 3.22. The number of nitrogens with zero attached hydrogens (tertiary/aromatic N) is 2. The lowest BCUT2D eigenvalue weighted by atomic mass is 10.1. The molecule has 0 radical (unpaired) electrons. The van der Waals surface area contributed by atoms with Gasteiger partial charge in [-0.2, -0.15) is 0 Å². The van der Waals surface area contributed by atoms with Crippen LogP contribution >= 0.6 is 23.2 Å². The number of carbonyl (C=O) groups excluding carboxylic acids is 2. The highest BCUT2D eigenvalue weighted by Crippen LogP contribution is 2.21. The van der Waals surface area contributed by atoms with Crippen molar-refractivity contribution < 1.29 is 9.59 Å². The molecule has 1 atom stereocenters. The largest absolute Gasteiger partial charge is 0.336 e. The van der Waals surface area contributed by atoms with Crippen molar-refractivity contribution in [2.75, 3.05) is 31.5 Å². The first-order valence-corrected chi connectivity index (χ1v) is 9.96. The third kappa shape index (κ3) is 4.85. The van der Waals surface area contributed by atoms with Crippen LogP contribution in [0.5, 0.6) is 0 Å².